The summed E-state index contributed by atoms with van der Waals surface area (Å²) in [6, 6.07) is 1.82. The second-order valence-corrected chi connectivity index (χ2v) is 3.95. The van der Waals surface area contributed by atoms with Gasteiger partial charge in [-0.3, -0.25) is 0 Å². The van der Waals surface area contributed by atoms with Gasteiger partial charge in [-0.1, -0.05) is 17.7 Å². The Labute approximate surface area is 91.4 Å². The van der Waals surface area contributed by atoms with Crippen molar-refractivity contribution < 1.29 is 0 Å². The molecule has 1 heterocycles. The molecule has 0 fully saturated rings. The van der Waals surface area contributed by atoms with Crippen molar-refractivity contribution in [3.05, 3.63) is 34.4 Å². The lowest BCUT2D eigenvalue weighted by atomic mass is 10.4. The number of anilines is 1. The number of pyridine rings is 1. The van der Waals surface area contributed by atoms with Crippen LogP contribution < -0.4 is 4.90 Å². The Balaban J connectivity index is 2.94. The van der Waals surface area contributed by atoms with Crippen molar-refractivity contribution >= 4 is 33.3 Å². The van der Waals surface area contributed by atoms with E-state index in [1.54, 1.807) is 12.3 Å². The van der Waals surface area contributed by atoms with Gasteiger partial charge in [0.2, 0.25) is 0 Å². The highest BCUT2D eigenvalue weighted by Crippen LogP contribution is 2.25. The van der Waals surface area contributed by atoms with Crippen molar-refractivity contribution in [1.29, 1.82) is 0 Å². The van der Waals surface area contributed by atoms with Crippen LogP contribution in [0, 0.1) is 0 Å². The quantitative estimate of drug-likeness (QED) is 0.777. The average Bonchev–Trinajstić information content (AvgIpc) is 2.04. The topological polar surface area (TPSA) is 16.1 Å². The van der Waals surface area contributed by atoms with Crippen LogP contribution in [0.15, 0.2) is 29.4 Å². The van der Waals surface area contributed by atoms with Crippen LogP contribution in [0.25, 0.3) is 0 Å². The van der Waals surface area contributed by atoms with E-state index in [1.807, 2.05) is 18.0 Å². The summed E-state index contributed by atoms with van der Waals surface area (Å²) in [7, 11) is 1.92. The molecule has 0 amide bonds. The number of likely N-dealkylation sites (N-methyl/N-ethyl adjacent to an activating group) is 1. The third-order valence-electron chi connectivity index (χ3n) is 1.55. The van der Waals surface area contributed by atoms with Gasteiger partial charge in [0.25, 0.3) is 0 Å². The van der Waals surface area contributed by atoms with Crippen molar-refractivity contribution in [2.75, 3.05) is 18.5 Å². The van der Waals surface area contributed by atoms with Crippen LogP contribution >= 0.6 is 27.5 Å². The molecule has 13 heavy (non-hydrogen) atoms. The first-order chi connectivity index (χ1) is 6.15. The van der Waals surface area contributed by atoms with Gasteiger partial charge in [0.15, 0.2) is 0 Å². The fourth-order valence-electron chi connectivity index (χ4n) is 0.968. The molecule has 0 saturated heterocycles. The van der Waals surface area contributed by atoms with E-state index >= 15 is 0 Å². The molecule has 0 saturated carbocycles. The largest absolute Gasteiger partial charge is 0.355 e. The molecule has 0 aliphatic carbocycles. The van der Waals surface area contributed by atoms with E-state index in [2.05, 4.69) is 27.5 Å². The molecule has 0 atom stereocenters. The summed E-state index contributed by atoms with van der Waals surface area (Å²) >= 11 is 9.29. The summed E-state index contributed by atoms with van der Waals surface area (Å²) in [5.41, 5.74) is 0. The van der Waals surface area contributed by atoms with Gasteiger partial charge in [0.05, 0.1) is 5.02 Å². The molecule has 70 valence electrons. The summed E-state index contributed by atoms with van der Waals surface area (Å²) in [6.45, 7) is 4.38. The van der Waals surface area contributed by atoms with Crippen LogP contribution in [0.2, 0.25) is 5.02 Å². The molecule has 0 aliphatic heterocycles. The Morgan fingerprint density at radius 1 is 1.77 bits per heavy atom. The molecule has 0 radical (unpaired) electrons. The molecule has 1 aromatic rings. The highest BCUT2D eigenvalue weighted by atomic mass is 79.9. The summed E-state index contributed by atoms with van der Waals surface area (Å²) in [5.74, 6) is 0.768. The zero-order valence-corrected chi connectivity index (χ0v) is 9.64. The van der Waals surface area contributed by atoms with E-state index in [-0.39, 0.29) is 0 Å². The first kappa shape index (κ1) is 10.5. The Bertz CT molecular complexity index is 314. The van der Waals surface area contributed by atoms with E-state index in [1.165, 1.54) is 0 Å². The number of halogens is 2. The predicted molar refractivity (Wildman–Crippen MR) is 60.4 cm³/mol. The number of nitrogens with zero attached hydrogens (tertiary/aromatic N) is 2. The maximum absolute atomic E-state index is 5.99. The normalized spacial score (nSPS) is 9.77. The standard InChI is InChI=1S/C9H10BrClN2/c1-3-4-13(2)9-8(11)5-7(10)6-12-9/h3,5-6H,1,4H2,2H3. The van der Waals surface area contributed by atoms with Gasteiger partial charge in [-0.2, -0.15) is 0 Å². The molecule has 0 bridgehead atoms. The maximum atomic E-state index is 5.99. The van der Waals surface area contributed by atoms with Gasteiger partial charge < -0.3 is 4.90 Å². The summed E-state index contributed by atoms with van der Waals surface area (Å²) in [6.07, 6.45) is 3.53. The van der Waals surface area contributed by atoms with Crippen molar-refractivity contribution in [3.8, 4) is 0 Å². The van der Waals surface area contributed by atoms with Crippen LogP contribution in [-0.2, 0) is 0 Å². The van der Waals surface area contributed by atoms with Gasteiger partial charge in [-0.15, -0.1) is 6.58 Å². The fourth-order valence-corrected chi connectivity index (χ4v) is 1.74. The minimum atomic E-state index is 0.638. The van der Waals surface area contributed by atoms with Crippen LogP contribution in [-0.4, -0.2) is 18.6 Å². The fraction of sp³-hybridized carbons (Fsp3) is 0.222. The molecule has 4 heteroatoms. The van der Waals surface area contributed by atoms with E-state index < -0.39 is 0 Å². The zero-order valence-electron chi connectivity index (χ0n) is 7.30. The highest BCUT2D eigenvalue weighted by molar-refractivity contribution is 9.10. The van der Waals surface area contributed by atoms with E-state index in [0.29, 0.717) is 5.02 Å². The third-order valence-corrected chi connectivity index (χ3v) is 2.26. The molecule has 0 aromatic carbocycles. The first-order valence-electron chi connectivity index (χ1n) is 3.78. The lowest BCUT2D eigenvalue weighted by Crippen LogP contribution is -2.18. The van der Waals surface area contributed by atoms with Crippen molar-refractivity contribution in [3.63, 3.8) is 0 Å². The van der Waals surface area contributed by atoms with Gasteiger partial charge in [0.1, 0.15) is 5.82 Å². The van der Waals surface area contributed by atoms with Crippen molar-refractivity contribution in [2.24, 2.45) is 0 Å². The Morgan fingerprint density at radius 3 is 3.00 bits per heavy atom. The monoisotopic (exact) mass is 260 g/mol. The van der Waals surface area contributed by atoms with Gasteiger partial charge in [0, 0.05) is 24.3 Å². The number of aromatic nitrogens is 1. The minimum Gasteiger partial charge on any atom is -0.355 e. The molecule has 0 aliphatic rings. The number of hydrogen-bond donors (Lipinski definition) is 0. The molecule has 0 unspecified atom stereocenters. The molecule has 0 spiro atoms. The second kappa shape index (κ2) is 4.63. The van der Waals surface area contributed by atoms with Crippen LogP contribution in [0.1, 0.15) is 0 Å². The predicted octanol–water partition coefficient (Wildman–Crippen LogP) is 3.12. The zero-order chi connectivity index (χ0) is 9.84. The average molecular weight is 262 g/mol. The summed E-state index contributed by atoms with van der Waals surface area (Å²) in [4.78, 5) is 6.13. The Kier molecular flexibility index (Phi) is 3.75. The van der Waals surface area contributed by atoms with E-state index in [4.69, 9.17) is 11.6 Å². The van der Waals surface area contributed by atoms with Gasteiger partial charge in [-0.25, -0.2) is 4.98 Å². The minimum absolute atomic E-state index is 0.638. The Morgan fingerprint density at radius 2 is 2.46 bits per heavy atom. The highest BCUT2D eigenvalue weighted by Gasteiger charge is 2.05. The van der Waals surface area contributed by atoms with Crippen LogP contribution in [0.5, 0.6) is 0 Å². The van der Waals surface area contributed by atoms with E-state index in [0.717, 1.165) is 16.8 Å². The van der Waals surface area contributed by atoms with Gasteiger partial charge >= 0.3 is 0 Å². The van der Waals surface area contributed by atoms with E-state index in [9.17, 15) is 0 Å². The van der Waals surface area contributed by atoms with Crippen LogP contribution in [0.4, 0.5) is 5.82 Å². The number of rotatable bonds is 3. The summed E-state index contributed by atoms with van der Waals surface area (Å²) in [5, 5.41) is 0.638. The SMILES string of the molecule is C=CCN(C)c1ncc(Br)cc1Cl. The smallest absolute Gasteiger partial charge is 0.147 e. The van der Waals surface area contributed by atoms with Crippen LogP contribution in [0.3, 0.4) is 0 Å². The molecular weight excluding hydrogens is 251 g/mol. The van der Waals surface area contributed by atoms with Crippen molar-refractivity contribution in [1.82, 2.24) is 4.98 Å². The number of hydrogen-bond acceptors (Lipinski definition) is 2. The lowest BCUT2D eigenvalue weighted by molar-refractivity contribution is 0.990. The molecular formula is C9H10BrClN2. The lowest BCUT2D eigenvalue weighted by Gasteiger charge is -2.16. The Hall–Kier alpha value is -0.540. The van der Waals surface area contributed by atoms with Gasteiger partial charge in [-0.05, 0) is 22.0 Å². The summed E-state index contributed by atoms with van der Waals surface area (Å²) < 4.78 is 0.883. The second-order valence-electron chi connectivity index (χ2n) is 2.63. The maximum Gasteiger partial charge on any atom is 0.147 e. The van der Waals surface area contributed by atoms with Crippen molar-refractivity contribution in [2.45, 2.75) is 0 Å². The molecule has 1 aromatic heterocycles. The molecule has 0 N–H and O–H groups in total. The molecule has 2 nitrogen and oxygen atoms in total. The molecule has 1 rings (SSSR count). The first-order valence-corrected chi connectivity index (χ1v) is 4.95. The third kappa shape index (κ3) is 2.71.